The second-order valence-electron chi connectivity index (χ2n) is 15.4. The summed E-state index contributed by atoms with van der Waals surface area (Å²) >= 11 is 0. The molecule has 0 spiro atoms. The van der Waals surface area contributed by atoms with Crippen molar-refractivity contribution >= 4 is 34.6 Å². The van der Waals surface area contributed by atoms with Crippen LogP contribution in [-0.4, -0.2) is 113 Å². The number of cyclic esters (lactones) is 1. The van der Waals surface area contributed by atoms with Gasteiger partial charge in [-0.3, -0.25) is 24.1 Å². The van der Waals surface area contributed by atoms with E-state index in [1.807, 2.05) is 30.3 Å². The van der Waals surface area contributed by atoms with Gasteiger partial charge in [-0.25, -0.2) is 20.0 Å². The maximum Gasteiger partial charge on any atom is 0.340 e. The van der Waals surface area contributed by atoms with Crippen LogP contribution in [0, 0.1) is 12.7 Å². The van der Waals surface area contributed by atoms with Crippen LogP contribution in [0.25, 0.3) is 22.3 Å². The second kappa shape index (κ2) is 18.6. The first kappa shape index (κ1) is 42.9. The molecule has 3 amide bonds. The Hall–Kier alpha value is -6.25. The lowest BCUT2D eigenvalue weighted by Gasteiger charge is -2.33. The molecule has 18 nitrogen and oxygen atoms in total. The lowest BCUT2D eigenvalue weighted by molar-refractivity contribution is -0.157. The number of hydrazine groups is 1. The second-order valence-corrected chi connectivity index (χ2v) is 15.4. The quantitative estimate of drug-likeness (QED) is 0.0392. The highest BCUT2D eigenvalue weighted by molar-refractivity contribution is 5.91. The Balaban J connectivity index is 0.970. The minimum Gasteiger partial charge on any atom is -0.458 e. The van der Waals surface area contributed by atoms with Crippen LogP contribution in [0.1, 0.15) is 39.5 Å². The fourth-order valence-corrected chi connectivity index (χ4v) is 7.85. The number of halogens is 1. The average Bonchev–Trinajstić information content (AvgIpc) is 3.60. The first-order chi connectivity index (χ1) is 29.3. The Morgan fingerprint density at radius 2 is 1.89 bits per heavy atom. The number of ether oxygens (including phenoxy) is 2. The number of nitrogens with one attached hydrogen (secondary N) is 4. The fourth-order valence-electron chi connectivity index (χ4n) is 7.85. The van der Waals surface area contributed by atoms with Gasteiger partial charge in [0.1, 0.15) is 18.5 Å². The lowest BCUT2D eigenvalue weighted by Crippen LogP contribution is -2.52. The van der Waals surface area contributed by atoms with Gasteiger partial charge in [-0.15, -0.1) is 0 Å². The number of hydrogen-bond acceptors (Lipinski definition) is 14. The zero-order chi connectivity index (χ0) is 43.4. The molecule has 322 valence electrons. The highest BCUT2D eigenvalue weighted by Crippen LogP contribution is 2.38. The molecule has 1 fully saturated rings. The lowest BCUT2D eigenvalue weighted by atomic mass is 9.97. The van der Waals surface area contributed by atoms with Crippen molar-refractivity contribution in [2.24, 2.45) is 11.6 Å². The van der Waals surface area contributed by atoms with Gasteiger partial charge < -0.3 is 51.2 Å². The van der Waals surface area contributed by atoms with Crippen molar-refractivity contribution in [1.29, 1.82) is 0 Å². The zero-order valence-corrected chi connectivity index (χ0v) is 33.8. The number of aryl methyl sites for hydroxylation is 1. The van der Waals surface area contributed by atoms with Crippen LogP contribution in [-0.2, 0) is 54.8 Å². The van der Waals surface area contributed by atoms with E-state index < -0.39 is 41.3 Å². The van der Waals surface area contributed by atoms with E-state index in [2.05, 4.69) is 26.2 Å². The number of aliphatic hydroxyl groups is 1. The first-order valence-electron chi connectivity index (χ1n) is 19.9. The van der Waals surface area contributed by atoms with Crippen molar-refractivity contribution in [3.8, 4) is 11.4 Å². The molecule has 3 atom stereocenters. The molecular formula is C42H49FN10O8. The molecule has 2 aromatic heterocycles. The van der Waals surface area contributed by atoms with Gasteiger partial charge in [-0.05, 0) is 42.8 Å². The summed E-state index contributed by atoms with van der Waals surface area (Å²) in [7, 11) is 1.63. The van der Waals surface area contributed by atoms with E-state index in [0.717, 1.165) is 5.56 Å². The number of aromatic nitrogens is 2. The molecule has 2 aromatic carbocycles. The van der Waals surface area contributed by atoms with Crippen LogP contribution in [0.4, 0.5) is 4.39 Å². The first-order valence-corrected chi connectivity index (χ1v) is 19.9. The Kier molecular flexibility index (Phi) is 13.0. The summed E-state index contributed by atoms with van der Waals surface area (Å²) in [6.45, 7) is 3.28. The molecule has 61 heavy (non-hydrogen) atoms. The van der Waals surface area contributed by atoms with Gasteiger partial charge in [-0.2, -0.15) is 0 Å². The number of hydrogen-bond donors (Lipinski definition) is 7. The maximum atomic E-state index is 14.9. The number of carbonyl (C=O) groups excluding carboxylic acids is 4. The predicted molar refractivity (Wildman–Crippen MR) is 220 cm³/mol. The third-order valence-corrected chi connectivity index (χ3v) is 10.9. The van der Waals surface area contributed by atoms with E-state index in [4.69, 9.17) is 26.0 Å². The van der Waals surface area contributed by atoms with Crippen LogP contribution in [0.2, 0.25) is 0 Å². The molecule has 0 aliphatic carbocycles. The largest absolute Gasteiger partial charge is 0.458 e. The number of likely N-dealkylation sites (N-methyl/N-ethyl adjacent to an activating group) is 1. The van der Waals surface area contributed by atoms with Gasteiger partial charge in [-0.1, -0.05) is 30.3 Å². The van der Waals surface area contributed by atoms with E-state index >= 15 is 0 Å². The molecule has 3 aliphatic rings. The van der Waals surface area contributed by atoms with E-state index in [9.17, 15) is 33.5 Å². The standard InChI is InChI=1S/C42H49FN10O8/c1-23-10-27-29(30-21-53-35(38(30)50-33(27)13-32(23)43)12-28-31(41(53)58)22-61-42(59)39(28)56)20-52(45)18-25(44)17-51-8-9-60-26(19-51)14-47-36(54)16-48-40(57)34(49-37(55)15-46-2)11-24-6-4-3-5-7-24/h3-7,10,12-13,18,26,34,39,46,56H,8-9,11,14-17,19-22,44-45H2,1-2H3,(H,47,54)(H,48,57)(H,49,55)/b25-18-. The van der Waals surface area contributed by atoms with Gasteiger partial charge in [0.2, 0.25) is 17.7 Å². The summed E-state index contributed by atoms with van der Waals surface area (Å²) in [5, 5.41) is 23.5. The SMILES string of the molecule is CNCC(=O)NC(Cc1ccccc1)C(=O)NCC(=O)NCC1CN(C/C(N)=C/N(N)Cc2c3c(nc4cc(F)c(C)cc24)-c2cc4c(c(=O)n2C3)COC(=O)C4O)CCO1. The normalized spacial score (nSPS) is 17.8. The molecular weight excluding hydrogens is 792 g/mol. The molecule has 19 heteroatoms. The van der Waals surface area contributed by atoms with Gasteiger partial charge >= 0.3 is 5.97 Å². The van der Waals surface area contributed by atoms with Gasteiger partial charge in [0, 0.05) is 67.1 Å². The van der Waals surface area contributed by atoms with Crippen LogP contribution >= 0.6 is 0 Å². The third-order valence-electron chi connectivity index (χ3n) is 10.9. The minimum absolute atomic E-state index is 0.0366. The Morgan fingerprint density at radius 1 is 1.10 bits per heavy atom. The molecule has 0 bridgehead atoms. The van der Waals surface area contributed by atoms with E-state index in [0.29, 0.717) is 70.9 Å². The van der Waals surface area contributed by atoms with Crippen molar-refractivity contribution < 1.29 is 38.1 Å². The van der Waals surface area contributed by atoms with E-state index in [-0.39, 0.29) is 68.9 Å². The number of amides is 3. The van der Waals surface area contributed by atoms with Gasteiger partial charge in [0.25, 0.3) is 5.56 Å². The fraction of sp³-hybridized carbons (Fsp3) is 0.381. The number of nitrogens with zero attached hydrogens (tertiary/aromatic N) is 4. The smallest absolute Gasteiger partial charge is 0.340 e. The number of benzene rings is 2. The number of pyridine rings is 2. The zero-order valence-electron chi connectivity index (χ0n) is 33.8. The number of aliphatic hydroxyl groups excluding tert-OH is 1. The summed E-state index contributed by atoms with van der Waals surface area (Å²) in [6.07, 6.45) is -0.125. The number of esters is 1. The topological polar surface area (TPSA) is 248 Å². The predicted octanol–water partition coefficient (Wildman–Crippen LogP) is -0.681. The van der Waals surface area contributed by atoms with Gasteiger partial charge in [0.05, 0.1) is 61.4 Å². The average molecular weight is 841 g/mol. The molecule has 0 saturated carbocycles. The Morgan fingerprint density at radius 3 is 2.66 bits per heavy atom. The summed E-state index contributed by atoms with van der Waals surface area (Å²) in [5.74, 6) is 4.01. The van der Waals surface area contributed by atoms with Crippen molar-refractivity contribution in [1.82, 2.24) is 40.7 Å². The van der Waals surface area contributed by atoms with Crippen LogP contribution in [0.15, 0.2) is 65.2 Å². The Labute approximate surface area is 350 Å². The van der Waals surface area contributed by atoms with E-state index in [1.165, 1.54) is 15.6 Å². The summed E-state index contributed by atoms with van der Waals surface area (Å²) in [4.78, 5) is 70.6. The molecule has 4 aromatic rings. The number of fused-ring (bicyclic) bond motifs is 5. The number of morpholine rings is 1. The molecule has 3 unspecified atom stereocenters. The monoisotopic (exact) mass is 840 g/mol. The van der Waals surface area contributed by atoms with Crippen molar-refractivity contribution in [2.75, 3.05) is 52.9 Å². The highest BCUT2D eigenvalue weighted by atomic mass is 19.1. The summed E-state index contributed by atoms with van der Waals surface area (Å²) < 4.78 is 27.3. The maximum absolute atomic E-state index is 14.9. The Bertz CT molecular complexity index is 2440. The molecule has 5 heterocycles. The molecule has 9 N–H and O–H groups in total. The number of nitrogens with two attached hydrogens (primary N) is 2. The highest BCUT2D eigenvalue weighted by Gasteiger charge is 2.35. The van der Waals surface area contributed by atoms with Crippen LogP contribution < -0.4 is 38.4 Å². The molecule has 7 rings (SSSR count). The molecule has 1 saturated heterocycles. The number of rotatable bonds is 15. The van der Waals surface area contributed by atoms with Crippen molar-refractivity contribution in [3.05, 3.63) is 110 Å². The van der Waals surface area contributed by atoms with Crippen LogP contribution in [0.5, 0.6) is 0 Å². The summed E-state index contributed by atoms with van der Waals surface area (Å²) in [6, 6.07) is 13.0. The molecule has 0 radical (unpaired) electrons. The summed E-state index contributed by atoms with van der Waals surface area (Å²) in [5.41, 5.74) is 10.6. The van der Waals surface area contributed by atoms with Gasteiger partial charge in [0.15, 0.2) is 6.10 Å². The van der Waals surface area contributed by atoms with Crippen LogP contribution in [0.3, 0.4) is 0 Å². The third kappa shape index (κ3) is 9.71. The number of carbonyl (C=O) groups is 4. The molecule has 3 aliphatic heterocycles. The van der Waals surface area contributed by atoms with E-state index in [1.54, 1.807) is 32.3 Å². The van der Waals surface area contributed by atoms with Crippen molar-refractivity contribution in [3.63, 3.8) is 0 Å². The minimum atomic E-state index is -1.62. The van der Waals surface area contributed by atoms with Crippen molar-refractivity contribution in [2.45, 2.75) is 51.3 Å².